The molecule has 0 fully saturated rings. The number of hydrogen-bond donors (Lipinski definition) is 0. The molecule has 0 amide bonds. The number of aromatic nitrogens is 2. The molecule has 0 saturated heterocycles. The van der Waals surface area contributed by atoms with Crippen LogP contribution >= 0.6 is 0 Å². The molecule has 1 aromatic carbocycles. The Balaban J connectivity index is 1.99. The molecule has 2 heteroatoms. The lowest BCUT2D eigenvalue weighted by Gasteiger charge is -2.06. The molecule has 1 aromatic heterocycles. The van der Waals surface area contributed by atoms with Gasteiger partial charge in [-0.3, -0.25) is 0 Å². The molecule has 0 aliphatic heterocycles. The van der Waals surface area contributed by atoms with E-state index in [1.807, 2.05) is 0 Å². The third-order valence-electron chi connectivity index (χ3n) is 5.01. The van der Waals surface area contributed by atoms with Crippen molar-refractivity contribution in [3.63, 3.8) is 0 Å². The van der Waals surface area contributed by atoms with E-state index in [9.17, 15) is 0 Å². The molecular formula is C23H37N2+. The fourth-order valence-electron chi connectivity index (χ4n) is 3.52. The smallest absolute Gasteiger partial charge is 0.230 e. The molecule has 2 nitrogen and oxygen atoms in total. The van der Waals surface area contributed by atoms with Crippen LogP contribution in [0.15, 0.2) is 42.7 Å². The summed E-state index contributed by atoms with van der Waals surface area (Å²) in [6.07, 6.45) is 18.0. The molecule has 0 saturated carbocycles. The number of nitrogens with zero attached hydrogens (tertiary/aromatic N) is 2. The second kappa shape index (κ2) is 11.9. The fraction of sp³-hybridized carbons (Fsp3) is 0.609. The van der Waals surface area contributed by atoms with Gasteiger partial charge in [0.15, 0.2) is 0 Å². The van der Waals surface area contributed by atoms with Crippen molar-refractivity contribution >= 4 is 0 Å². The van der Waals surface area contributed by atoms with Gasteiger partial charge in [-0.2, -0.15) is 0 Å². The minimum Gasteiger partial charge on any atom is -0.230 e. The van der Waals surface area contributed by atoms with Crippen LogP contribution in [0, 0.1) is 0 Å². The van der Waals surface area contributed by atoms with Gasteiger partial charge < -0.3 is 0 Å². The zero-order chi connectivity index (χ0) is 17.7. The number of hydrogen-bond acceptors (Lipinski definition) is 0. The Hall–Kier alpha value is -1.57. The zero-order valence-corrected chi connectivity index (χ0v) is 16.4. The van der Waals surface area contributed by atoms with E-state index < -0.39 is 0 Å². The molecule has 0 radical (unpaired) electrons. The molecule has 0 aliphatic rings. The monoisotopic (exact) mass is 341 g/mol. The summed E-state index contributed by atoms with van der Waals surface area (Å²) in [5.74, 6) is 1.38. The zero-order valence-electron chi connectivity index (χ0n) is 16.4. The summed E-state index contributed by atoms with van der Waals surface area (Å²) < 4.78 is 4.93. The molecule has 2 rings (SSSR count). The predicted molar refractivity (Wildman–Crippen MR) is 108 cm³/mol. The first-order chi connectivity index (χ1) is 12.4. The minimum atomic E-state index is 1.13. The average molecular weight is 342 g/mol. The van der Waals surface area contributed by atoms with Crippen LogP contribution in [0.2, 0.25) is 0 Å². The third kappa shape index (κ3) is 6.68. The lowest BCUT2D eigenvalue weighted by molar-refractivity contribution is -0.686. The summed E-state index contributed by atoms with van der Waals surface area (Å²) in [4.78, 5) is 0. The molecule has 0 spiro atoms. The first-order valence-corrected chi connectivity index (χ1v) is 10.5. The van der Waals surface area contributed by atoms with Crippen LogP contribution in [-0.2, 0) is 13.1 Å². The number of imidazole rings is 1. The minimum absolute atomic E-state index is 1.13. The van der Waals surface area contributed by atoms with Crippen molar-refractivity contribution in [3.05, 3.63) is 42.7 Å². The normalized spacial score (nSPS) is 11.1. The van der Waals surface area contributed by atoms with Crippen molar-refractivity contribution < 1.29 is 4.57 Å². The highest BCUT2D eigenvalue weighted by Crippen LogP contribution is 2.17. The Labute approximate surface area is 154 Å². The van der Waals surface area contributed by atoms with Gasteiger partial charge in [0, 0.05) is 0 Å². The molecular weight excluding hydrogens is 304 g/mol. The molecule has 2 aromatic rings. The maximum absolute atomic E-state index is 2.47. The Morgan fingerprint density at radius 2 is 1.40 bits per heavy atom. The summed E-state index contributed by atoms with van der Waals surface area (Å²) in [5.41, 5.74) is 1.34. The van der Waals surface area contributed by atoms with Crippen LogP contribution in [0.25, 0.3) is 11.4 Å². The Kier molecular flexibility index (Phi) is 9.40. The van der Waals surface area contributed by atoms with Crippen LogP contribution in [0.1, 0.15) is 78.1 Å². The second-order valence-electron chi connectivity index (χ2n) is 7.20. The van der Waals surface area contributed by atoms with Gasteiger partial charge in [-0.05, 0) is 37.8 Å². The SMILES string of the molecule is CCCCCCCCn1cc[n+](CCCCCC)c1-c1ccccc1. The molecule has 0 N–H and O–H groups in total. The number of unbranched alkanes of at least 4 members (excludes halogenated alkanes) is 8. The molecule has 1 heterocycles. The number of rotatable bonds is 13. The first kappa shape index (κ1) is 19.8. The highest BCUT2D eigenvalue weighted by molar-refractivity contribution is 5.52. The predicted octanol–water partition coefficient (Wildman–Crippen LogP) is 6.38. The lowest BCUT2D eigenvalue weighted by atomic mass is 10.1. The van der Waals surface area contributed by atoms with Crippen LogP contribution < -0.4 is 4.57 Å². The fourth-order valence-corrected chi connectivity index (χ4v) is 3.52. The third-order valence-corrected chi connectivity index (χ3v) is 5.01. The molecule has 0 unspecified atom stereocenters. The molecule has 25 heavy (non-hydrogen) atoms. The van der Waals surface area contributed by atoms with Crippen molar-refractivity contribution in [2.24, 2.45) is 0 Å². The second-order valence-corrected chi connectivity index (χ2v) is 7.20. The summed E-state index contributed by atoms with van der Waals surface area (Å²) in [6, 6.07) is 10.9. The standard InChI is InChI=1S/C23H37N2/c1-3-5-7-9-10-15-19-25-21-20-24(18-14-8-6-4-2)23(25)22-16-12-11-13-17-22/h11-13,16-17,20-21H,3-10,14-15,18-19H2,1-2H3/q+1. The average Bonchev–Trinajstić information content (AvgIpc) is 3.05. The molecule has 138 valence electrons. The summed E-state index contributed by atoms with van der Waals surface area (Å²) in [7, 11) is 0. The van der Waals surface area contributed by atoms with Crippen molar-refractivity contribution in [3.8, 4) is 11.4 Å². The van der Waals surface area contributed by atoms with Crippen molar-refractivity contribution in [1.29, 1.82) is 0 Å². The Bertz CT molecular complexity index is 571. The van der Waals surface area contributed by atoms with E-state index in [1.165, 1.54) is 75.6 Å². The topological polar surface area (TPSA) is 8.81 Å². The van der Waals surface area contributed by atoms with Crippen molar-refractivity contribution in [2.45, 2.75) is 91.1 Å². The van der Waals surface area contributed by atoms with Gasteiger partial charge in [0.05, 0.1) is 18.7 Å². The van der Waals surface area contributed by atoms with Crippen LogP contribution in [0.4, 0.5) is 0 Å². The Morgan fingerprint density at radius 3 is 2.12 bits per heavy atom. The first-order valence-electron chi connectivity index (χ1n) is 10.5. The molecule has 0 aliphatic carbocycles. The van der Waals surface area contributed by atoms with Gasteiger partial charge >= 0.3 is 0 Å². The van der Waals surface area contributed by atoms with Crippen LogP contribution in [0.5, 0.6) is 0 Å². The van der Waals surface area contributed by atoms with Gasteiger partial charge in [-0.15, -0.1) is 0 Å². The largest absolute Gasteiger partial charge is 0.288 e. The van der Waals surface area contributed by atoms with Crippen molar-refractivity contribution in [2.75, 3.05) is 0 Å². The van der Waals surface area contributed by atoms with Gasteiger partial charge in [0.2, 0.25) is 0 Å². The summed E-state index contributed by atoms with van der Waals surface area (Å²) >= 11 is 0. The van der Waals surface area contributed by atoms with E-state index in [0.717, 1.165) is 13.1 Å². The quantitative estimate of drug-likeness (QED) is 0.295. The Morgan fingerprint density at radius 1 is 0.760 bits per heavy atom. The number of aryl methyl sites for hydroxylation is 2. The van der Waals surface area contributed by atoms with Gasteiger partial charge in [-0.25, -0.2) is 9.13 Å². The molecule has 0 bridgehead atoms. The summed E-state index contributed by atoms with van der Waals surface area (Å²) in [6.45, 7) is 6.83. The van der Waals surface area contributed by atoms with E-state index in [1.54, 1.807) is 0 Å². The van der Waals surface area contributed by atoms with Gasteiger partial charge in [-0.1, -0.05) is 70.6 Å². The van der Waals surface area contributed by atoms with E-state index in [4.69, 9.17) is 0 Å². The van der Waals surface area contributed by atoms with Crippen LogP contribution in [-0.4, -0.2) is 4.57 Å². The number of benzene rings is 1. The van der Waals surface area contributed by atoms with Crippen LogP contribution in [0.3, 0.4) is 0 Å². The van der Waals surface area contributed by atoms with E-state index >= 15 is 0 Å². The van der Waals surface area contributed by atoms with Crippen molar-refractivity contribution in [1.82, 2.24) is 4.57 Å². The maximum Gasteiger partial charge on any atom is 0.288 e. The lowest BCUT2D eigenvalue weighted by Crippen LogP contribution is -2.34. The molecule has 0 atom stereocenters. The van der Waals surface area contributed by atoms with E-state index in [0.29, 0.717) is 0 Å². The van der Waals surface area contributed by atoms with E-state index in [-0.39, 0.29) is 0 Å². The van der Waals surface area contributed by atoms with E-state index in [2.05, 4.69) is 65.7 Å². The maximum atomic E-state index is 2.47. The van der Waals surface area contributed by atoms with Gasteiger partial charge in [0.1, 0.15) is 12.4 Å². The summed E-state index contributed by atoms with van der Waals surface area (Å²) in [5, 5.41) is 0. The van der Waals surface area contributed by atoms with Gasteiger partial charge in [0.25, 0.3) is 5.82 Å². The highest BCUT2D eigenvalue weighted by Gasteiger charge is 2.18. The highest BCUT2D eigenvalue weighted by atomic mass is 15.1.